The molecule has 0 atom stereocenters. The summed E-state index contributed by atoms with van der Waals surface area (Å²) < 4.78 is 5.27. The highest BCUT2D eigenvalue weighted by molar-refractivity contribution is 7.99. The van der Waals surface area contributed by atoms with Crippen molar-refractivity contribution in [3.63, 3.8) is 0 Å². The fraction of sp³-hybridized carbons (Fsp3) is 0.320. The van der Waals surface area contributed by atoms with Gasteiger partial charge in [-0.2, -0.15) is 0 Å². The molecular formula is C25H28N2O3S. The minimum absolute atomic E-state index is 0.0428. The van der Waals surface area contributed by atoms with E-state index in [1.807, 2.05) is 69.3 Å². The second kappa shape index (κ2) is 9.96. The molecule has 0 saturated heterocycles. The second-order valence-corrected chi connectivity index (χ2v) is 8.82. The van der Waals surface area contributed by atoms with Crippen LogP contribution >= 0.6 is 11.8 Å². The summed E-state index contributed by atoms with van der Waals surface area (Å²) in [4.78, 5) is 30.9. The predicted octanol–water partition coefficient (Wildman–Crippen LogP) is 6.07. The molecule has 1 heterocycles. The smallest absolute Gasteiger partial charge is 0.217 e. The van der Waals surface area contributed by atoms with E-state index in [0.29, 0.717) is 30.7 Å². The van der Waals surface area contributed by atoms with E-state index in [1.165, 1.54) is 6.92 Å². The van der Waals surface area contributed by atoms with Gasteiger partial charge < -0.3 is 9.73 Å². The van der Waals surface area contributed by atoms with Crippen molar-refractivity contribution in [2.75, 3.05) is 0 Å². The monoisotopic (exact) mass is 436 g/mol. The Hall–Kier alpha value is -2.86. The molecule has 31 heavy (non-hydrogen) atoms. The lowest BCUT2D eigenvalue weighted by atomic mass is 9.85. The van der Waals surface area contributed by atoms with E-state index < -0.39 is 5.54 Å². The van der Waals surface area contributed by atoms with Gasteiger partial charge in [-0.15, -0.1) is 0 Å². The van der Waals surface area contributed by atoms with Crippen LogP contribution in [0.4, 0.5) is 0 Å². The van der Waals surface area contributed by atoms with E-state index in [1.54, 1.807) is 18.0 Å². The van der Waals surface area contributed by atoms with Crippen LogP contribution in [-0.4, -0.2) is 22.2 Å². The van der Waals surface area contributed by atoms with Gasteiger partial charge in [-0.25, -0.2) is 4.98 Å². The van der Waals surface area contributed by atoms with Gasteiger partial charge in [0.25, 0.3) is 0 Å². The number of rotatable bonds is 9. The molecule has 0 aliphatic carbocycles. The molecule has 3 aromatic rings. The Balaban J connectivity index is 1.65. The first-order valence-electron chi connectivity index (χ1n) is 10.5. The number of Topliss-reactive ketones (excluding diaryl/α,β-unsaturated/α-hetero) is 1. The van der Waals surface area contributed by atoms with Gasteiger partial charge in [0, 0.05) is 46.7 Å². The molecule has 0 aliphatic heterocycles. The SMILES string of the molecule is CCC(CC)(CC(=O)c1ccc(Sc2ccc(-c3coc(C)n3)cc2)cc1)NC(C)=O. The molecular weight excluding hydrogens is 408 g/mol. The van der Waals surface area contributed by atoms with E-state index in [4.69, 9.17) is 4.42 Å². The number of carbonyl (C=O) groups is 2. The Bertz CT molecular complexity index is 1040. The molecule has 5 nitrogen and oxygen atoms in total. The first-order chi connectivity index (χ1) is 14.8. The van der Waals surface area contributed by atoms with Crippen LogP contribution in [0.5, 0.6) is 0 Å². The van der Waals surface area contributed by atoms with Crippen LogP contribution in [0.3, 0.4) is 0 Å². The fourth-order valence-corrected chi connectivity index (χ4v) is 4.35. The quantitative estimate of drug-likeness (QED) is 0.412. The number of nitrogens with zero attached hydrogens (tertiary/aromatic N) is 1. The number of aryl methyl sites for hydroxylation is 1. The molecule has 2 aromatic carbocycles. The van der Waals surface area contributed by atoms with Crippen LogP contribution in [-0.2, 0) is 4.79 Å². The number of oxazole rings is 1. The molecule has 0 unspecified atom stereocenters. The minimum Gasteiger partial charge on any atom is -0.449 e. The second-order valence-electron chi connectivity index (χ2n) is 7.67. The summed E-state index contributed by atoms with van der Waals surface area (Å²) in [6, 6.07) is 15.8. The third-order valence-electron chi connectivity index (χ3n) is 5.47. The molecule has 0 bridgehead atoms. The van der Waals surface area contributed by atoms with E-state index in [9.17, 15) is 9.59 Å². The van der Waals surface area contributed by atoms with Gasteiger partial charge in [0.2, 0.25) is 5.91 Å². The maximum atomic E-state index is 12.8. The molecule has 1 N–H and O–H groups in total. The van der Waals surface area contributed by atoms with Gasteiger partial charge in [0.1, 0.15) is 12.0 Å². The van der Waals surface area contributed by atoms with Crippen LogP contribution in [0, 0.1) is 6.92 Å². The first-order valence-corrected chi connectivity index (χ1v) is 11.3. The number of aromatic nitrogens is 1. The lowest BCUT2D eigenvalue weighted by Gasteiger charge is -2.32. The minimum atomic E-state index is -0.486. The van der Waals surface area contributed by atoms with Crippen LogP contribution in [0.25, 0.3) is 11.3 Å². The summed E-state index contributed by atoms with van der Waals surface area (Å²) >= 11 is 1.64. The summed E-state index contributed by atoms with van der Waals surface area (Å²) in [5.41, 5.74) is 2.02. The van der Waals surface area contributed by atoms with Crippen molar-refractivity contribution in [1.29, 1.82) is 0 Å². The number of nitrogens with one attached hydrogen (secondary N) is 1. The zero-order valence-electron chi connectivity index (χ0n) is 18.4. The van der Waals surface area contributed by atoms with Gasteiger partial charge in [-0.05, 0) is 37.1 Å². The Morgan fingerprint density at radius 2 is 1.58 bits per heavy atom. The van der Waals surface area contributed by atoms with Crippen molar-refractivity contribution in [3.8, 4) is 11.3 Å². The summed E-state index contributed by atoms with van der Waals surface area (Å²) in [6.07, 6.45) is 3.39. The topological polar surface area (TPSA) is 72.2 Å². The Labute approximate surface area is 187 Å². The highest BCUT2D eigenvalue weighted by Gasteiger charge is 2.30. The molecule has 0 spiro atoms. The summed E-state index contributed by atoms with van der Waals surface area (Å²) in [6.45, 7) is 7.32. The number of amides is 1. The Morgan fingerprint density at radius 3 is 2.06 bits per heavy atom. The Morgan fingerprint density at radius 1 is 1.00 bits per heavy atom. The maximum Gasteiger partial charge on any atom is 0.217 e. The summed E-state index contributed by atoms with van der Waals surface area (Å²) in [5, 5.41) is 2.98. The normalized spacial score (nSPS) is 11.4. The number of hydrogen-bond donors (Lipinski definition) is 1. The molecule has 0 aliphatic rings. The van der Waals surface area contributed by atoms with Crippen LogP contribution in [0.15, 0.2) is 69.0 Å². The molecule has 1 amide bonds. The predicted molar refractivity (Wildman–Crippen MR) is 123 cm³/mol. The van der Waals surface area contributed by atoms with E-state index in [-0.39, 0.29) is 11.7 Å². The van der Waals surface area contributed by atoms with Crippen LogP contribution < -0.4 is 5.32 Å². The molecule has 0 fully saturated rings. The average Bonchev–Trinajstić information content (AvgIpc) is 3.20. The van der Waals surface area contributed by atoms with E-state index in [0.717, 1.165) is 21.0 Å². The molecule has 0 radical (unpaired) electrons. The number of hydrogen-bond acceptors (Lipinski definition) is 5. The number of ketones is 1. The van der Waals surface area contributed by atoms with Crippen LogP contribution in [0.2, 0.25) is 0 Å². The molecule has 6 heteroatoms. The summed E-state index contributed by atoms with van der Waals surface area (Å²) in [7, 11) is 0. The van der Waals surface area contributed by atoms with Crippen molar-refractivity contribution in [2.24, 2.45) is 0 Å². The highest BCUT2D eigenvalue weighted by Crippen LogP contribution is 2.30. The number of benzene rings is 2. The molecule has 3 rings (SSSR count). The number of carbonyl (C=O) groups excluding carboxylic acids is 2. The van der Waals surface area contributed by atoms with Crippen LogP contribution in [0.1, 0.15) is 56.3 Å². The fourth-order valence-electron chi connectivity index (χ4n) is 3.54. The van der Waals surface area contributed by atoms with E-state index in [2.05, 4.69) is 10.3 Å². The molecule has 1 aromatic heterocycles. The van der Waals surface area contributed by atoms with Crippen molar-refractivity contribution < 1.29 is 14.0 Å². The summed E-state index contributed by atoms with van der Waals surface area (Å²) in [5.74, 6) is 0.587. The lowest BCUT2D eigenvalue weighted by molar-refractivity contribution is -0.120. The average molecular weight is 437 g/mol. The largest absolute Gasteiger partial charge is 0.449 e. The Kier molecular flexibility index (Phi) is 7.33. The van der Waals surface area contributed by atoms with Gasteiger partial charge in [0.15, 0.2) is 11.7 Å². The zero-order chi connectivity index (χ0) is 22.4. The third-order valence-corrected chi connectivity index (χ3v) is 6.49. The standard InChI is InChI=1S/C25H28N2O3S/c1-5-25(6-2,27-17(3)28)15-24(29)20-9-13-22(14-10-20)31-21-11-7-19(8-12-21)23-16-30-18(4)26-23/h7-14,16H,5-6,15H2,1-4H3,(H,27,28). The third kappa shape index (κ3) is 5.85. The molecule has 162 valence electrons. The van der Waals surface area contributed by atoms with Crippen molar-refractivity contribution in [1.82, 2.24) is 10.3 Å². The van der Waals surface area contributed by atoms with Gasteiger partial charge in [-0.1, -0.05) is 49.9 Å². The van der Waals surface area contributed by atoms with Crippen molar-refractivity contribution >= 4 is 23.5 Å². The van der Waals surface area contributed by atoms with Gasteiger partial charge in [-0.3, -0.25) is 9.59 Å². The van der Waals surface area contributed by atoms with Gasteiger partial charge in [0.05, 0.1) is 0 Å². The maximum absolute atomic E-state index is 12.8. The van der Waals surface area contributed by atoms with E-state index >= 15 is 0 Å². The highest BCUT2D eigenvalue weighted by atomic mass is 32.2. The van der Waals surface area contributed by atoms with Gasteiger partial charge >= 0.3 is 0 Å². The molecule has 0 saturated carbocycles. The first kappa shape index (κ1) is 22.8. The van der Waals surface area contributed by atoms with Crippen molar-refractivity contribution in [2.45, 2.75) is 62.3 Å². The zero-order valence-corrected chi connectivity index (χ0v) is 19.2. The lowest BCUT2D eigenvalue weighted by Crippen LogP contribution is -2.48. The van der Waals surface area contributed by atoms with Crippen molar-refractivity contribution in [3.05, 3.63) is 66.2 Å².